The van der Waals surface area contributed by atoms with Crippen LogP contribution in [0.3, 0.4) is 0 Å². The smallest absolute Gasteiger partial charge is 0.328 e. The van der Waals surface area contributed by atoms with E-state index in [2.05, 4.69) is 20.9 Å². The van der Waals surface area contributed by atoms with Gasteiger partial charge in [0.2, 0.25) is 17.7 Å². The standard InChI is InChI=1S/C21H41N7O6S/c1-5-11(2)15(19(32)28-16(12(3)29)20(33)34)27-18(31)14(8-10-35-4)26-17(30)13(22)7-6-9-25-21(23)24/h11-16,29H,5-10,22H2,1-4H3,(H,26,30)(H,27,31)(H,28,32)(H,33,34)(H4,23,24,25). The molecule has 202 valence electrons. The highest BCUT2D eigenvalue weighted by molar-refractivity contribution is 7.98. The fourth-order valence-electron chi connectivity index (χ4n) is 3.02. The number of amides is 3. The molecule has 14 heteroatoms. The molecule has 0 saturated carbocycles. The Morgan fingerprint density at radius 3 is 2.06 bits per heavy atom. The van der Waals surface area contributed by atoms with E-state index in [1.165, 1.54) is 18.7 Å². The van der Waals surface area contributed by atoms with Gasteiger partial charge < -0.3 is 43.4 Å². The molecule has 0 bridgehead atoms. The van der Waals surface area contributed by atoms with E-state index in [9.17, 15) is 29.4 Å². The maximum Gasteiger partial charge on any atom is 0.328 e. The number of carbonyl (C=O) groups is 4. The number of hydrogen-bond donors (Lipinski definition) is 8. The first kappa shape index (κ1) is 32.4. The molecule has 0 spiro atoms. The molecule has 0 aliphatic heterocycles. The van der Waals surface area contributed by atoms with Gasteiger partial charge in [-0.15, -0.1) is 0 Å². The van der Waals surface area contributed by atoms with Gasteiger partial charge in [0.25, 0.3) is 0 Å². The summed E-state index contributed by atoms with van der Waals surface area (Å²) in [4.78, 5) is 53.6. The van der Waals surface area contributed by atoms with Crippen LogP contribution in [0.5, 0.6) is 0 Å². The van der Waals surface area contributed by atoms with Gasteiger partial charge in [-0.25, -0.2) is 4.79 Å². The first-order valence-electron chi connectivity index (χ1n) is 11.5. The minimum absolute atomic E-state index is 0.0557. The Bertz CT molecular complexity index is 733. The lowest BCUT2D eigenvalue weighted by Crippen LogP contribution is -2.59. The summed E-state index contributed by atoms with van der Waals surface area (Å²) in [5.41, 5.74) is 16.5. The number of carbonyl (C=O) groups excluding carboxylic acids is 3. The fourth-order valence-corrected chi connectivity index (χ4v) is 3.49. The lowest BCUT2D eigenvalue weighted by atomic mass is 9.97. The summed E-state index contributed by atoms with van der Waals surface area (Å²) in [7, 11) is 0. The van der Waals surface area contributed by atoms with E-state index in [-0.39, 0.29) is 11.9 Å². The van der Waals surface area contributed by atoms with Gasteiger partial charge in [0.15, 0.2) is 12.0 Å². The van der Waals surface area contributed by atoms with Crippen LogP contribution in [0.4, 0.5) is 0 Å². The van der Waals surface area contributed by atoms with Gasteiger partial charge in [-0.1, -0.05) is 20.3 Å². The Kier molecular flexibility index (Phi) is 15.7. The number of thioether (sulfide) groups is 1. The maximum atomic E-state index is 13.1. The van der Waals surface area contributed by atoms with Crippen LogP contribution in [0, 0.1) is 5.92 Å². The summed E-state index contributed by atoms with van der Waals surface area (Å²) in [5, 5.41) is 26.5. The molecule has 0 heterocycles. The minimum Gasteiger partial charge on any atom is -0.480 e. The van der Waals surface area contributed by atoms with Gasteiger partial charge in [0.05, 0.1) is 12.1 Å². The van der Waals surface area contributed by atoms with Crippen LogP contribution in [0.2, 0.25) is 0 Å². The zero-order chi connectivity index (χ0) is 27.1. The second-order valence-electron chi connectivity index (χ2n) is 8.33. The quantitative estimate of drug-likeness (QED) is 0.0602. The Hall–Kier alpha value is -2.58. The van der Waals surface area contributed by atoms with Crippen LogP contribution < -0.4 is 33.2 Å². The van der Waals surface area contributed by atoms with Gasteiger partial charge in [-0.3, -0.25) is 19.4 Å². The Balaban J connectivity index is 5.39. The van der Waals surface area contributed by atoms with Gasteiger partial charge in [-0.05, 0) is 44.1 Å². The van der Waals surface area contributed by atoms with Crippen LogP contribution in [-0.4, -0.2) is 88.7 Å². The van der Waals surface area contributed by atoms with E-state index in [4.69, 9.17) is 17.2 Å². The first-order valence-corrected chi connectivity index (χ1v) is 12.9. The topological polar surface area (TPSA) is 235 Å². The summed E-state index contributed by atoms with van der Waals surface area (Å²) in [6.45, 7) is 5.10. The molecule has 3 amide bonds. The molecule has 0 aromatic heterocycles. The predicted molar refractivity (Wildman–Crippen MR) is 135 cm³/mol. The van der Waals surface area contributed by atoms with Crippen LogP contribution in [0.1, 0.15) is 46.5 Å². The predicted octanol–water partition coefficient (Wildman–Crippen LogP) is -1.91. The lowest BCUT2D eigenvalue weighted by Gasteiger charge is -2.28. The van der Waals surface area contributed by atoms with E-state index < -0.39 is 54.0 Å². The van der Waals surface area contributed by atoms with Crippen molar-refractivity contribution < 1.29 is 29.4 Å². The molecule has 0 aliphatic carbocycles. The van der Waals surface area contributed by atoms with Crippen LogP contribution in [-0.2, 0) is 19.2 Å². The monoisotopic (exact) mass is 519 g/mol. The van der Waals surface area contributed by atoms with Crippen molar-refractivity contribution in [3.05, 3.63) is 0 Å². The number of carboxylic acid groups (broad SMARTS) is 1. The summed E-state index contributed by atoms with van der Waals surface area (Å²) >= 11 is 1.48. The molecule has 0 rings (SSSR count). The molecule has 6 atom stereocenters. The van der Waals surface area contributed by atoms with E-state index in [1.807, 2.05) is 13.2 Å². The molecule has 13 nitrogen and oxygen atoms in total. The second kappa shape index (κ2) is 16.9. The van der Waals surface area contributed by atoms with Crippen molar-refractivity contribution in [2.75, 3.05) is 18.6 Å². The molecule has 0 fully saturated rings. The van der Waals surface area contributed by atoms with E-state index in [0.29, 0.717) is 38.0 Å². The van der Waals surface area contributed by atoms with Gasteiger partial charge in [0.1, 0.15) is 12.1 Å². The SMILES string of the molecule is CCC(C)C(NC(=O)C(CCSC)NC(=O)C(N)CCCN=C(N)N)C(=O)NC(C(=O)O)C(C)O. The highest BCUT2D eigenvalue weighted by Gasteiger charge is 2.33. The van der Waals surface area contributed by atoms with Crippen molar-refractivity contribution in [2.24, 2.45) is 28.1 Å². The molecule has 0 aromatic rings. The molecule has 11 N–H and O–H groups in total. The zero-order valence-corrected chi connectivity index (χ0v) is 21.6. The van der Waals surface area contributed by atoms with Crippen LogP contribution in [0.15, 0.2) is 4.99 Å². The number of aliphatic hydroxyl groups is 1. The average Bonchev–Trinajstić information content (AvgIpc) is 2.79. The molecule has 0 radical (unpaired) electrons. The van der Waals surface area contributed by atoms with Crippen molar-refractivity contribution in [3.8, 4) is 0 Å². The summed E-state index contributed by atoms with van der Waals surface area (Å²) in [6, 6.07) is -4.44. The normalized spacial score (nSPS) is 16.1. The molecule has 35 heavy (non-hydrogen) atoms. The Morgan fingerprint density at radius 2 is 1.57 bits per heavy atom. The number of rotatable bonds is 17. The Labute approximate surface area is 210 Å². The molecular formula is C21H41N7O6S. The molecule has 6 unspecified atom stereocenters. The largest absolute Gasteiger partial charge is 0.480 e. The molecular weight excluding hydrogens is 478 g/mol. The van der Waals surface area contributed by atoms with Crippen molar-refractivity contribution in [1.29, 1.82) is 0 Å². The van der Waals surface area contributed by atoms with Gasteiger partial charge >= 0.3 is 5.97 Å². The van der Waals surface area contributed by atoms with Gasteiger partial charge in [-0.2, -0.15) is 11.8 Å². The van der Waals surface area contributed by atoms with Crippen LogP contribution in [0.25, 0.3) is 0 Å². The zero-order valence-electron chi connectivity index (χ0n) is 20.8. The highest BCUT2D eigenvalue weighted by Crippen LogP contribution is 2.11. The Morgan fingerprint density at radius 1 is 0.971 bits per heavy atom. The summed E-state index contributed by atoms with van der Waals surface area (Å²) in [6.07, 6.45) is 2.08. The highest BCUT2D eigenvalue weighted by atomic mass is 32.2. The lowest BCUT2D eigenvalue weighted by molar-refractivity contribution is -0.145. The number of guanidine groups is 1. The van der Waals surface area contributed by atoms with Gasteiger partial charge in [0, 0.05) is 6.54 Å². The van der Waals surface area contributed by atoms with Crippen molar-refractivity contribution >= 4 is 41.4 Å². The number of nitrogens with two attached hydrogens (primary N) is 3. The number of nitrogens with zero attached hydrogens (tertiary/aromatic N) is 1. The number of nitrogens with one attached hydrogen (secondary N) is 3. The summed E-state index contributed by atoms with van der Waals surface area (Å²) < 4.78 is 0. The van der Waals surface area contributed by atoms with Crippen molar-refractivity contribution in [1.82, 2.24) is 16.0 Å². The number of aliphatic carboxylic acids is 1. The third-order valence-corrected chi connectivity index (χ3v) is 6.03. The number of aliphatic hydroxyl groups excluding tert-OH is 1. The van der Waals surface area contributed by atoms with Crippen molar-refractivity contribution in [3.63, 3.8) is 0 Å². The van der Waals surface area contributed by atoms with Crippen LogP contribution >= 0.6 is 11.8 Å². The van der Waals surface area contributed by atoms with E-state index in [1.54, 1.807) is 6.92 Å². The second-order valence-corrected chi connectivity index (χ2v) is 9.32. The molecule has 0 aromatic carbocycles. The number of carboxylic acids is 1. The molecule has 0 saturated heterocycles. The fraction of sp³-hybridized carbons (Fsp3) is 0.762. The van der Waals surface area contributed by atoms with Crippen molar-refractivity contribution in [2.45, 2.75) is 76.7 Å². The van der Waals surface area contributed by atoms with E-state index in [0.717, 1.165) is 0 Å². The first-order chi connectivity index (χ1) is 16.3. The number of hydrogen-bond acceptors (Lipinski definition) is 8. The molecule has 0 aliphatic rings. The third-order valence-electron chi connectivity index (χ3n) is 5.39. The maximum absolute atomic E-state index is 13.1. The summed E-state index contributed by atoms with van der Waals surface area (Å²) in [5.74, 6) is -3.11. The number of aliphatic imine (C=N–C) groups is 1. The van der Waals surface area contributed by atoms with E-state index >= 15 is 0 Å². The third kappa shape index (κ3) is 12.6. The average molecular weight is 520 g/mol. The minimum atomic E-state index is -1.53.